The second-order valence-corrected chi connectivity index (χ2v) is 11.7. The van der Waals surface area contributed by atoms with E-state index in [0.717, 1.165) is 17.7 Å². The van der Waals surface area contributed by atoms with Crippen LogP contribution in [0, 0.1) is 11.7 Å². The Labute approximate surface area is 229 Å². The number of aliphatic hydroxyl groups excluding tert-OH is 1. The molecule has 39 heavy (non-hydrogen) atoms. The third-order valence-electron chi connectivity index (χ3n) is 6.85. The van der Waals surface area contributed by atoms with E-state index in [-0.39, 0.29) is 40.3 Å². The fraction of sp³-hybridized carbons (Fsp3) is 0.345. The summed E-state index contributed by atoms with van der Waals surface area (Å²) in [5.41, 5.74) is 1.43. The number of anilines is 1. The molecule has 3 aromatic carbocycles. The lowest BCUT2D eigenvalue weighted by molar-refractivity contribution is 0.0344. The largest absolute Gasteiger partial charge is 0.486 e. The van der Waals surface area contributed by atoms with Gasteiger partial charge in [-0.3, -0.25) is 14.4 Å². The molecule has 0 spiro atoms. The van der Waals surface area contributed by atoms with Crippen molar-refractivity contribution in [2.45, 2.75) is 37.4 Å². The Bertz CT molecular complexity index is 1390. The Balaban J connectivity index is 1.71. The number of hydrogen-bond donors (Lipinski definition) is 2. The van der Waals surface area contributed by atoms with Gasteiger partial charge in [0.25, 0.3) is 15.9 Å². The van der Waals surface area contributed by atoms with Crippen molar-refractivity contribution in [2.24, 2.45) is 5.92 Å². The highest BCUT2D eigenvalue weighted by atomic mass is 32.2. The van der Waals surface area contributed by atoms with Crippen LogP contribution >= 0.6 is 0 Å². The van der Waals surface area contributed by atoms with Crippen LogP contribution in [0.1, 0.15) is 29.8 Å². The second kappa shape index (κ2) is 12.1. The number of para-hydroxylation sites is 1. The van der Waals surface area contributed by atoms with E-state index in [0.29, 0.717) is 19.6 Å². The fourth-order valence-corrected chi connectivity index (χ4v) is 5.69. The summed E-state index contributed by atoms with van der Waals surface area (Å²) in [4.78, 5) is 17.2. The van der Waals surface area contributed by atoms with Crippen molar-refractivity contribution < 1.29 is 27.4 Å². The molecule has 2 N–H and O–H groups in total. The van der Waals surface area contributed by atoms with Crippen molar-refractivity contribution in [1.82, 2.24) is 9.80 Å². The van der Waals surface area contributed by atoms with E-state index in [1.54, 1.807) is 24.0 Å². The minimum atomic E-state index is -4.10. The summed E-state index contributed by atoms with van der Waals surface area (Å²) < 4.78 is 48.7. The normalized spacial score (nSPS) is 18.6. The zero-order valence-electron chi connectivity index (χ0n) is 22.2. The number of carbonyl (C=O) groups is 1. The zero-order valence-corrected chi connectivity index (χ0v) is 23.1. The molecule has 1 amide bonds. The number of carbonyl (C=O) groups excluding carboxylic acids is 1. The number of halogens is 1. The maximum atomic E-state index is 13.6. The summed E-state index contributed by atoms with van der Waals surface area (Å²) in [5.74, 6) is -0.941. The molecule has 1 heterocycles. The smallest absolute Gasteiger partial charge is 0.262 e. The molecule has 1 aliphatic heterocycles. The number of hydrogen-bond acceptors (Lipinski definition) is 6. The summed E-state index contributed by atoms with van der Waals surface area (Å²) in [6, 6.07) is 18.7. The van der Waals surface area contributed by atoms with Gasteiger partial charge in [0.15, 0.2) is 5.75 Å². The fourth-order valence-electron chi connectivity index (χ4n) is 4.63. The number of likely N-dealkylation sites (N-methyl/N-ethyl adjacent to an activating group) is 1. The van der Waals surface area contributed by atoms with E-state index < -0.39 is 28.0 Å². The molecule has 4 rings (SSSR count). The lowest BCUT2D eigenvalue weighted by Gasteiger charge is -2.38. The highest BCUT2D eigenvalue weighted by Gasteiger charge is 2.35. The number of aliphatic hydroxyl groups is 1. The van der Waals surface area contributed by atoms with Crippen molar-refractivity contribution in [3.63, 3.8) is 0 Å². The Morgan fingerprint density at radius 3 is 2.46 bits per heavy atom. The van der Waals surface area contributed by atoms with E-state index in [9.17, 15) is 22.7 Å². The van der Waals surface area contributed by atoms with Crippen LogP contribution in [0.2, 0.25) is 0 Å². The summed E-state index contributed by atoms with van der Waals surface area (Å²) in [6.07, 6.45) is -0.407. The molecule has 0 saturated heterocycles. The van der Waals surface area contributed by atoms with Crippen LogP contribution in [-0.4, -0.2) is 68.1 Å². The van der Waals surface area contributed by atoms with Crippen molar-refractivity contribution in [1.29, 1.82) is 0 Å². The van der Waals surface area contributed by atoms with Crippen LogP contribution in [0.4, 0.5) is 10.1 Å². The molecule has 208 valence electrons. The van der Waals surface area contributed by atoms with Crippen LogP contribution in [0.5, 0.6) is 5.75 Å². The number of benzene rings is 3. The molecule has 0 aliphatic carbocycles. The molecule has 0 unspecified atom stereocenters. The van der Waals surface area contributed by atoms with Gasteiger partial charge in [-0.2, -0.15) is 0 Å². The minimum absolute atomic E-state index is 0.103. The predicted octanol–water partition coefficient (Wildman–Crippen LogP) is 3.98. The molecular weight excluding hydrogens is 521 g/mol. The lowest BCUT2D eigenvalue weighted by Crippen LogP contribution is -2.49. The average Bonchev–Trinajstić information content (AvgIpc) is 2.91. The molecule has 3 aromatic rings. The Morgan fingerprint density at radius 2 is 1.79 bits per heavy atom. The molecular formula is C29H34FN3O5S. The highest BCUT2D eigenvalue weighted by Crippen LogP contribution is 2.36. The maximum absolute atomic E-state index is 13.6. The van der Waals surface area contributed by atoms with Crippen LogP contribution in [0.25, 0.3) is 0 Å². The van der Waals surface area contributed by atoms with Crippen molar-refractivity contribution in [2.75, 3.05) is 31.5 Å². The van der Waals surface area contributed by atoms with Gasteiger partial charge in [-0.25, -0.2) is 12.8 Å². The summed E-state index contributed by atoms with van der Waals surface area (Å²) in [6.45, 7) is 5.06. The molecule has 0 fully saturated rings. The summed E-state index contributed by atoms with van der Waals surface area (Å²) in [7, 11) is -2.13. The van der Waals surface area contributed by atoms with Gasteiger partial charge in [-0.1, -0.05) is 43.3 Å². The second-order valence-electron chi connectivity index (χ2n) is 10.0. The van der Waals surface area contributed by atoms with E-state index in [1.807, 2.05) is 44.3 Å². The van der Waals surface area contributed by atoms with Gasteiger partial charge in [-0.05, 0) is 55.9 Å². The standard InChI is InChI=1S/C29H34FN3O5S/c1-20-16-33(21(2)19-34)29(35)25-10-7-11-26(31-39(36,37)24-14-12-23(30)13-15-24)28(25)38-27(20)18-32(3)17-22-8-5-4-6-9-22/h4-15,20-21,27,31,34H,16-19H2,1-3H3/t20-,21+,27-/m1/s1. The Morgan fingerprint density at radius 1 is 1.10 bits per heavy atom. The first kappa shape index (κ1) is 28.5. The lowest BCUT2D eigenvalue weighted by atomic mass is 9.99. The number of amides is 1. The van der Waals surface area contributed by atoms with Gasteiger partial charge in [0.05, 0.1) is 28.8 Å². The van der Waals surface area contributed by atoms with Crippen molar-refractivity contribution >= 4 is 21.6 Å². The van der Waals surface area contributed by atoms with Crippen molar-refractivity contribution in [3.05, 3.63) is 89.7 Å². The summed E-state index contributed by atoms with van der Waals surface area (Å²) in [5, 5.41) is 9.88. The van der Waals surface area contributed by atoms with Gasteiger partial charge in [0.1, 0.15) is 11.9 Å². The number of ether oxygens (including phenoxy) is 1. The third kappa shape index (κ3) is 6.76. The number of nitrogens with one attached hydrogen (secondary N) is 1. The number of sulfonamides is 1. The van der Waals surface area contributed by atoms with E-state index in [2.05, 4.69) is 9.62 Å². The van der Waals surface area contributed by atoms with E-state index in [4.69, 9.17) is 4.74 Å². The highest BCUT2D eigenvalue weighted by molar-refractivity contribution is 7.92. The van der Waals surface area contributed by atoms with Crippen LogP contribution < -0.4 is 9.46 Å². The first-order chi connectivity index (χ1) is 18.6. The monoisotopic (exact) mass is 555 g/mol. The molecule has 0 aromatic heterocycles. The third-order valence-corrected chi connectivity index (χ3v) is 8.23. The van der Waals surface area contributed by atoms with E-state index >= 15 is 0 Å². The van der Waals surface area contributed by atoms with Gasteiger partial charge >= 0.3 is 0 Å². The first-order valence-corrected chi connectivity index (χ1v) is 14.3. The SMILES string of the molecule is C[C@@H]1CN([C@@H](C)CO)C(=O)c2cccc(NS(=O)(=O)c3ccc(F)cc3)c2O[C@@H]1CN(C)Cc1ccccc1. The predicted molar refractivity (Wildman–Crippen MR) is 148 cm³/mol. The molecule has 0 saturated carbocycles. The zero-order chi connectivity index (χ0) is 28.2. The number of rotatable bonds is 9. The van der Waals surface area contributed by atoms with Crippen LogP contribution in [0.15, 0.2) is 77.7 Å². The van der Waals surface area contributed by atoms with Gasteiger partial charge in [0, 0.05) is 25.6 Å². The molecule has 10 heteroatoms. The number of fused-ring (bicyclic) bond motifs is 1. The number of nitrogens with zero attached hydrogens (tertiary/aromatic N) is 2. The van der Waals surface area contributed by atoms with Gasteiger partial charge in [0.2, 0.25) is 0 Å². The van der Waals surface area contributed by atoms with Crippen molar-refractivity contribution in [3.8, 4) is 5.75 Å². The molecule has 0 radical (unpaired) electrons. The summed E-state index contributed by atoms with van der Waals surface area (Å²) >= 11 is 0. The first-order valence-electron chi connectivity index (χ1n) is 12.8. The maximum Gasteiger partial charge on any atom is 0.262 e. The van der Waals surface area contributed by atoms with Gasteiger partial charge in [-0.15, -0.1) is 0 Å². The van der Waals surface area contributed by atoms with Crippen LogP contribution in [-0.2, 0) is 16.6 Å². The average molecular weight is 556 g/mol. The molecule has 3 atom stereocenters. The Hall–Kier alpha value is -3.47. The molecule has 8 nitrogen and oxygen atoms in total. The minimum Gasteiger partial charge on any atom is -0.486 e. The topological polar surface area (TPSA) is 99.2 Å². The van der Waals surface area contributed by atoms with Gasteiger partial charge < -0.3 is 14.7 Å². The van der Waals surface area contributed by atoms with E-state index in [1.165, 1.54) is 18.2 Å². The molecule has 1 aliphatic rings. The van der Waals surface area contributed by atoms with Crippen LogP contribution in [0.3, 0.4) is 0 Å². The molecule has 0 bridgehead atoms. The quantitative estimate of drug-likeness (QED) is 0.415. The Kier molecular flexibility index (Phi) is 8.89.